The molecule has 4 nitrogen and oxygen atoms in total. The summed E-state index contributed by atoms with van der Waals surface area (Å²) in [7, 11) is 1.55. The van der Waals surface area contributed by atoms with Crippen LogP contribution in [-0.4, -0.2) is 19.3 Å². The minimum Gasteiger partial charge on any atom is -0.496 e. The van der Waals surface area contributed by atoms with E-state index in [0.717, 1.165) is 4.90 Å². The number of nitrogen functional groups attached to an aromatic ring is 1. The molecule has 1 aromatic carbocycles. The number of carbonyl (C=O) groups is 1. The van der Waals surface area contributed by atoms with Gasteiger partial charge in [0.05, 0.1) is 17.6 Å². The fourth-order valence-corrected chi connectivity index (χ4v) is 1.69. The van der Waals surface area contributed by atoms with Crippen LogP contribution in [0.5, 0.6) is 5.75 Å². The van der Waals surface area contributed by atoms with Crippen molar-refractivity contribution in [1.82, 2.24) is 0 Å². The third-order valence-corrected chi connectivity index (χ3v) is 2.58. The van der Waals surface area contributed by atoms with Crippen LogP contribution >= 0.6 is 11.8 Å². The Morgan fingerprint density at radius 2 is 2.14 bits per heavy atom. The van der Waals surface area contributed by atoms with E-state index in [0.29, 0.717) is 17.0 Å². The van der Waals surface area contributed by atoms with Crippen LogP contribution in [0.15, 0.2) is 17.0 Å². The predicted octanol–water partition coefficient (Wildman–Crippen LogP) is 1.10. The zero-order chi connectivity index (χ0) is 10.7. The number of amides is 1. The molecule has 0 aliphatic rings. The molecule has 1 amide bonds. The van der Waals surface area contributed by atoms with Gasteiger partial charge in [-0.1, -0.05) is 0 Å². The molecule has 0 bridgehead atoms. The van der Waals surface area contributed by atoms with Crippen LogP contribution in [0.3, 0.4) is 0 Å². The summed E-state index contributed by atoms with van der Waals surface area (Å²) in [5.41, 5.74) is 11.5. The van der Waals surface area contributed by atoms with E-state index in [1.807, 2.05) is 6.26 Å². The number of nitrogens with two attached hydrogens (primary N) is 2. The van der Waals surface area contributed by atoms with Crippen LogP contribution < -0.4 is 16.2 Å². The normalized spacial score (nSPS) is 9.86. The van der Waals surface area contributed by atoms with Crippen molar-refractivity contribution in [2.24, 2.45) is 5.73 Å². The lowest BCUT2D eigenvalue weighted by atomic mass is 10.1. The molecule has 1 aromatic rings. The lowest BCUT2D eigenvalue weighted by Crippen LogP contribution is -2.13. The molecule has 0 aliphatic heterocycles. The summed E-state index contributed by atoms with van der Waals surface area (Å²) in [6, 6.07) is 3.24. The lowest BCUT2D eigenvalue weighted by molar-refractivity contribution is 0.100. The first kappa shape index (κ1) is 10.7. The Labute approximate surface area is 86.6 Å². The van der Waals surface area contributed by atoms with E-state index in [4.69, 9.17) is 16.2 Å². The summed E-state index contributed by atoms with van der Waals surface area (Å²) in [6.07, 6.45) is 1.89. The SMILES string of the molecule is COc1cc(N)c(C(N)=O)cc1SC. The Hall–Kier alpha value is -1.36. The van der Waals surface area contributed by atoms with E-state index in [1.165, 1.54) is 11.8 Å². The van der Waals surface area contributed by atoms with Gasteiger partial charge in [-0.15, -0.1) is 11.8 Å². The number of thioether (sulfide) groups is 1. The number of hydrogen-bond acceptors (Lipinski definition) is 4. The standard InChI is InChI=1S/C9H12N2O2S/c1-13-7-4-6(10)5(9(11)12)3-8(7)14-2/h3-4H,10H2,1-2H3,(H2,11,12). The van der Waals surface area contributed by atoms with Crippen LogP contribution in [0.4, 0.5) is 5.69 Å². The van der Waals surface area contributed by atoms with Gasteiger partial charge in [0.1, 0.15) is 5.75 Å². The van der Waals surface area contributed by atoms with Gasteiger partial charge in [-0.2, -0.15) is 0 Å². The Kier molecular flexibility index (Phi) is 3.24. The second kappa shape index (κ2) is 4.23. The van der Waals surface area contributed by atoms with Crippen LogP contribution in [0.25, 0.3) is 0 Å². The number of carbonyl (C=O) groups excluding carboxylic acids is 1. The molecule has 1 rings (SSSR count). The third kappa shape index (κ3) is 1.93. The molecule has 4 N–H and O–H groups in total. The van der Waals surface area contributed by atoms with Crippen molar-refractivity contribution in [3.05, 3.63) is 17.7 Å². The maximum absolute atomic E-state index is 11.0. The summed E-state index contributed by atoms with van der Waals surface area (Å²) in [5.74, 6) is 0.125. The Balaban J connectivity index is 3.30. The molecule has 14 heavy (non-hydrogen) atoms. The Bertz CT molecular complexity index is 366. The summed E-state index contributed by atoms with van der Waals surface area (Å²) >= 11 is 1.47. The molecule has 0 unspecified atom stereocenters. The van der Waals surface area contributed by atoms with Gasteiger partial charge in [0, 0.05) is 11.8 Å². The van der Waals surface area contributed by atoms with Crippen molar-refractivity contribution in [2.75, 3.05) is 19.1 Å². The molecule has 0 atom stereocenters. The van der Waals surface area contributed by atoms with Gasteiger partial charge in [0.2, 0.25) is 0 Å². The highest BCUT2D eigenvalue weighted by atomic mass is 32.2. The van der Waals surface area contributed by atoms with Crippen LogP contribution in [-0.2, 0) is 0 Å². The zero-order valence-corrected chi connectivity index (χ0v) is 8.85. The van der Waals surface area contributed by atoms with Crippen molar-refractivity contribution >= 4 is 23.4 Å². The number of ether oxygens (including phenoxy) is 1. The van der Waals surface area contributed by atoms with E-state index in [-0.39, 0.29) is 0 Å². The van der Waals surface area contributed by atoms with Crippen molar-refractivity contribution in [1.29, 1.82) is 0 Å². The highest BCUT2D eigenvalue weighted by Gasteiger charge is 2.11. The molecule has 0 aliphatic carbocycles. The fraction of sp³-hybridized carbons (Fsp3) is 0.222. The van der Waals surface area contributed by atoms with Gasteiger partial charge in [-0.3, -0.25) is 4.79 Å². The number of hydrogen-bond donors (Lipinski definition) is 2. The number of methoxy groups -OCH3 is 1. The average molecular weight is 212 g/mol. The number of rotatable bonds is 3. The molecule has 0 saturated heterocycles. The summed E-state index contributed by atoms with van der Waals surface area (Å²) in [5, 5.41) is 0. The molecular weight excluding hydrogens is 200 g/mol. The molecule has 0 spiro atoms. The Morgan fingerprint density at radius 3 is 2.57 bits per heavy atom. The summed E-state index contributed by atoms with van der Waals surface area (Å²) in [4.78, 5) is 11.8. The van der Waals surface area contributed by atoms with Crippen LogP contribution in [0.2, 0.25) is 0 Å². The van der Waals surface area contributed by atoms with Crippen LogP contribution in [0, 0.1) is 0 Å². The third-order valence-electron chi connectivity index (χ3n) is 1.82. The fourth-order valence-electron chi connectivity index (χ4n) is 1.11. The summed E-state index contributed by atoms with van der Waals surface area (Å²) in [6.45, 7) is 0. The minimum absolute atomic E-state index is 0.329. The minimum atomic E-state index is -0.527. The molecule has 0 aromatic heterocycles. The van der Waals surface area contributed by atoms with Gasteiger partial charge in [0.15, 0.2) is 0 Å². The molecule has 0 heterocycles. The van der Waals surface area contributed by atoms with Crippen molar-refractivity contribution < 1.29 is 9.53 Å². The average Bonchev–Trinajstić information content (AvgIpc) is 2.16. The smallest absolute Gasteiger partial charge is 0.250 e. The molecular formula is C9H12N2O2S. The maximum atomic E-state index is 11.0. The van der Waals surface area contributed by atoms with E-state index in [2.05, 4.69) is 0 Å². The Morgan fingerprint density at radius 1 is 1.50 bits per heavy atom. The monoisotopic (exact) mass is 212 g/mol. The van der Waals surface area contributed by atoms with Gasteiger partial charge in [0.25, 0.3) is 5.91 Å². The highest BCUT2D eigenvalue weighted by molar-refractivity contribution is 7.98. The van der Waals surface area contributed by atoms with Gasteiger partial charge in [-0.25, -0.2) is 0 Å². The number of anilines is 1. The second-order valence-electron chi connectivity index (χ2n) is 2.66. The lowest BCUT2D eigenvalue weighted by Gasteiger charge is -2.09. The molecule has 0 radical (unpaired) electrons. The number of benzene rings is 1. The van der Waals surface area contributed by atoms with Crippen molar-refractivity contribution in [3.63, 3.8) is 0 Å². The van der Waals surface area contributed by atoms with Crippen molar-refractivity contribution in [2.45, 2.75) is 4.90 Å². The van der Waals surface area contributed by atoms with Crippen LogP contribution in [0.1, 0.15) is 10.4 Å². The summed E-state index contributed by atoms with van der Waals surface area (Å²) < 4.78 is 5.10. The van der Waals surface area contributed by atoms with E-state index in [9.17, 15) is 4.79 Å². The largest absolute Gasteiger partial charge is 0.496 e. The first-order valence-electron chi connectivity index (χ1n) is 3.91. The molecule has 0 fully saturated rings. The first-order chi connectivity index (χ1) is 6.60. The van der Waals surface area contributed by atoms with E-state index >= 15 is 0 Å². The van der Waals surface area contributed by atoms with E-state index < -0.39 is 5.91 Å². The zero-order valence-electron chi connectivity index (χ0n) is 8.03. The highest BCUT2D eigenvalue weighted by Crippen LogP contribution is 2.31. The topological polar surface area (TPSA) is 78.3 Å². The molecule has 76 valence electrons. The van der Waals surface area contributed by atoms with Crippen molar-refractivity contribution in [3.8, 4) is 5.75 Å². The molecule has 0 saturated carbocycles. The number of primary amides is 1. The quantitative estimate of drug-likeness (QED) is 0.581. The van der Waals surface area contributed by atoms with E-state index in [1.54, 1.807) is 19.2 Å². The van der Waals surface area contributed by atoms with Gasteiger partial charge >= 0.3 is 0 Å². The predicted molar refractivity (Wildman–Crippen MR) is 57.7 cm³/mol. The second-order valence-corrected chi connectivity index (χ2v) is 3.51. The van der Waals surface area contributed by atoms with Gasteiger partial charge < -0.3 is 16.2 Å². The maximum Gasteiger partial charge on any atom is 0.250 e. The first-order valence-corrected chi connectivity index (χ1v) is 5.14. The van der Waals surface area contributed by atoms with Gasteiger partial charge in [-0.05, 0) is 12.3 Å². The molecule has 5 heteroatoms.